The summed E-state index contributed by atoms with van der Waals surface area (Å²) in [6.45, 7) is 15.4. The van der Waals surface area contributed by atoms with Crippen LogP contribution in [0.2, 0.25) is 0 Å². The van der Waals surface area contributed by atoms with Crippen molar-refractivity contribution in [1.82, 2.24) is 15.5 Å². The molecule has 1 aromatic carbocycles. The molecule has 0 aromatic heterocycles. The predicted molar refractivity (Wildman–Crippen MR) is 138 cm³/mol. The molecule has 198 valence electrons. The predicted octanol–water partition coefficient (Wildman–Crippen LogP) is 4.92. The second kappa shape index (κ2) is 14.0. The Balaban J connectivity index is 3.40. The van der Waals surface area contributed by atoms with E-state index in [9.17, 15) is 19.5 Å². The number of unbranched alkanes of at least 4 members (excludes halogenated alkanes) is 2. The summed E-state index contributed by atoms with van der Waals surface area (Å²) in [5, 5.41) is 15.5. The summed E-state index contributed by atoms with van der Waals surface area (Å²) in [6.07, 6.45) is 2.80. The van der Waals surface area contributed by atoms with Gasteiger partial charge in [0.25, 0.3) is 0 Å². The van der Waals surface area contributed by atoms with Gasteiger partial charge >= 0.3 is 6.09 Å². The summed E-state index contributed by atoms with van der Waals surface area (Å²) in [6, 6.07) is 4.23. The summed E-state index contributed by atoms with van der Waals surface area (Å²) in [5.74, 6) is -0.819. The molecule has 0 aliphatic rings. The van der Waals surface area contributed by atoms with Gasteiger partial charge in [0.05, 0.1) is 0 Å². The summed E-state index contributed by atoms with van der Waals surface area (Å²) in [5.41, 5.74) is -0.123. The minimum absolute atomic E-state index is 0.0731. The van der Waals surface area contributed by atoms with Crippen molar-refractivity contribution in [2.45, 2.75) is 105 Å². The maximum absolute atomic E-state index is 14.0. The van der Waals surface area contributed by atoms with Crippen molar-refractivity contribution in [2.24, 2.45) is 5.92 Å². The molecule has 0 aliphatic heterocycles. The number of nitrogens with zero attached hydrogens (tertiary/aromatic N) is 1. The van der Waals surface area contributed by atoms with Crippen LogP contribution in [0.25, 0.3) is 0 Å². The lowest BCUT2D eigenvalue weighted by molar-refractivity contribution is -0.146. The molecule has 0 heterocycles. The molecule has 0 saturated carbocycles. The Labute approximate surface area is 210 Å². The van der Waals surface area contributed by atoms with Crippen LogP contribution in [0.4, 0.5) is 4.79 Å². The molecule has 3 N–H and O–H groups in total. The van der Waals surface area contributed by atoms with Crippen molar-refractivity contribution in [3.05, 3.63) is 29.8 Å². The van der Waals surface area contributed by atoms with E-state index in [4.69, 9.17) is 4.74 Å². The number of amides is 3. The second-order valence-electron chi connectivity index (χ2n) is 10.4. The lowest BCUT2D eigenvalue weighted by Gasteiger charge is -2.39. The average Bonchev–Trinajstić information content (AvgIpc) is 2.77. The van der Waals surface area contributed by atoms with Gasteiger partial charge in [-0.15, -0.1) is 0 Å². The van der Waals surface area contributed by atoms with E-state index in [1.165, 1.54) is 12.1 Å². The maximum atomic E-state index is 14.0. The highest BCUT2D eigenvalue weighted by Crippen LogP contribution is 2.28. The Morgan fingerprint density at radius 1 is 1.03 bits per heavy atom. The highest BCUT2D eigenvalue weighted by Gasteiger charge is 2.39. The molecule has 35 heavy (non-hydrogen) atoms. The molecule has 3 amide bonds. The maximum Gasteiger partial charge on any atom is 0.408 e. The van der Waals surface area contributed by atoms with E-state index >= 15 is 0 Å². The average molecular weight is 492 g/mol. The van der Waals surface area contributed by atoms with Crippen LogP contribution >= 0.6 is 0 Å². The number of carbonyl (C=O) groups excluding carboxylic acids is 3. The molecule has 0 spiro atoms. The van der Waals surface area contributed by atoms with E-state index < -0.39 is 23.8 Å². The zero-order valence-electron chi connectivity index (χ0n) is 22.7. The Bertz CT molecular complexity index is 817. The van der Waals surface area contributed by atoms with Crippen molar-refractivity contribution in [2.75, 3.05) is 6.54 Å². The number of alkyl carbamates (subject to hydrolysis) is 1. The number of aromatic hydroxyl groups is 1. The Hall–Kier alpha value is -2.77. The van der Waals surface area contributed by atoms with Gasteiger partial charge in [0.15, 0.2) is 0 Å². The topological polar surface area (TPSA) is 108 Å². The van der Waals surface area contributed by atoms with Crippen molar-refractivity contribution >= 4 is 17.9 Å². The Morgan fingerprint density at radius 3 is 2.11 bits per heavy atom. The van der Waals surface area contributed by atoms with Gasteiger partial charge in [-0.05, 0) is 64.2 Å². The molecule has 0 bridgehead atoms. The van der Waals surface area contributed by atoms with Crippen LogP contribution in [-0.4, -0.2) is 52.1 Å². The van der Waals surface area contributed by atoms with Gasteiger partial charge in [-0.1, -0.05) is 52.7 Å². The van der Waals surface area contributed by atoms with Crippen molar-refractivity contribution < 1.29 is 24.2 Å². The molecule has 1 aromatic rings. The summed E-state index contributed by atoms with van der Waals surface area (Å²) >= 11 is 0. The SMILES string of the molecule is CCCCCNC(=O)C(c1ccc(O)cc1)N(C(=O)C(NC(=O)OC(C)(C)C)C(C)C)C(C)CC. The first-order valence-electron chi connectivity index (χ1n) is 12.7. The monoisotopic (exact) mass is 491 g/mol. The van der Waals surface area contributed by atoms with Crippen LogP contribution in [0.3, 0.4) is 0 Å². The van der Waals surface area contributed by atoms with Crippen LogP contribution in [0.5, 0.6) is 5.75 Å². The van der Waals surface area contributed by atoms with Gasteiger partial charge in [0.1, 0.15) is 23.4 Å². The standard InChI is InChI=1S/C27H45N3O5/c1-9-11-12-17-28-24(32)23(20-13-15-21(31)16-14-20)30(19(5)10-2)25(33)22(18(3)4)29-26(34)35-27(6,7)8/h13-16,18-19,22-23,31H,9-12,17H2,1-8H3,(H,28,32)(H,29,34). The number of hydrogen-bond acceptors (Lipinski definition) is 5. The van der Waals surface area contributed by atoms with Gasteiger partial charge in [0.2, 0.25) is 11.8 Å². The van der Waals surface area contributed by atoms with Crippen LogP contribution in [0.15, 0.2) is 24.3 Å². The number of phenolic OH excluding ortho intramolecular Hbond substituents is 1. The quantitative estimate of drug-likeness (QED) is 0.360. The Morgan fingerprint density at radius 2 is 1.63 bits per heavy atom. The minimum Gasteiger partial charge on any atom is -0.508 e. The number of carbonyl (C=O) groups is 3. The normalized spacial score (nSPS) is 14.1. The molecule has 3 unspecified atom stereocenters. The first-order valence-corrected chi connectivity index (χ1v) is 12.7. The molecule has 0 fully saturated rings. The number of phenols is 1. The van der Waals surface area contributed by atoms with Crippen LogP contribution in [0, 0.1) is 5.92 Å². The van der Waals surface area contributed by atoms with Gasteiger partial charge in [-0.2, -0.15) is 0 Å². The van der Waals surface area contributed by atoms with E-state index in [1.807, 2.05) is 27.7 Å². The van der Waals surface area contributed by atoms with Gasteiger partial charge in [0, 0.05) is 12.6 Å². The third-order valence-corrected chi connectivity index (χ3v) is 5.74. The summed E-state index contributed by atoms with van der Waals surface area (Å²) < 4.78 is 5.39. The van der Waals surface area contributed by atoms with Gasteiger partial charge in [-0.3, -0.25) is 9.59 Å². The molecule has 8 heteroatoms. The largest absolute Gasteiger partial charge is 0.508 e. The zero-order valence-corrected chi connectivity index (χ0v) is 22.7. The molecule has 0 radical (unpaired) electrons. The van der Waals surface area contributed by atoms with Gasteiger partial charge in [-0.25, -0.2) is 4.79 Å². The van der Waals surface area contributed by atoms with Crippen molar-refractivity contribution in [1.29, 1.82) is 0 Å². The van der Waals surface area contributed by atoms with Crippen LogP contribution in [0.1, 0.15) is 92.7 Å². The van der Waals surface area contributed by atoms with E-state index in [2.05, 4.69) is 17.6 Å². The molecule has 1 rings (SSSR count). The molecular formula is C27H45N3O5. The van der Waals surface area contributed by atoms with E-state index in [0.717, 1.165) is 19.3 Å². The van der Waals surface area contributed by atoms with E-state index in [1.54, 1.807) is 37.8 Å². The molecule has 0 saturated heterocycles. The lowest BCUT2D eigenvalue weighted by atomic mass is 9.96. The molecule has 3 atom stereocenters. The van der Waals surface area contributed by atoms with Crippen LogP contribution < -0.4 is 10.6 Å². The first kappa shape index (κ1) is 30.3. The number of benzene rings is 1. The number of hydrogen-bond donors (Lipinski definition) is 3. The highest BCUT2D eigenvalue weighted by atomic mass is 16.6. The summed E-state index contributed by atoms with van der Waals surface area (Å²) in [7, 11) is 0. The van der Waals surface area contributed by atoms with E-state index in [-0.39, 0.29) is 29.5 Å². The number of ether oxygens (including phenoxy) is 1. The fourth-order valence-corrected chi connectivity index (χ4v) is 3.68. The molecular weight excluding hydrogens is 446 g/mol. The number of rotatable bonds is 12. The van der Waals surface area contributed by atoms with E-state index in [0.29, 0.717) is 18.5 Å². The fraction of sp³-hybridized carbons (Fsp3) is 0.667. The third-order valence-electron chi connectivity index (χ3n) is 5.74. The second-order valence-corrected chi connectivity index (χ2v) is 10.4. The third kappa shape index (κ3) is 9.78. The summed E-state index contributed by atoms with van der Waals surface area (Å²) in [4.78, 5) is 41.6. The smallest absolute Gasteiger partial charge is 0.408 e. The fourth-order valence-electron chi connectivity index (χ4n) is 3.68. The van der Waals surface area contributed by atoms with Gasteiger partial charge < -0.3 is 25.4 Å². The molecule has 0 aliphatic carbocycles. The zero-order chi connectivity index (χ0) is 26.8. The minimum atomic E-state index is -0.915. The Kier molecular flexibility index (Phi) is 12.1. The lowest BCUT2D eigenvalue weighted by Crippen LogP contribution is -2.57. The first-order chi connectivity index (χ1) is 16.3. The highest BCUT2D eigenvalue weighted by molar-refractivity contribution is 5.92. The number of nitrogens with one attached hydrogen (secondary N) is 2. The molecule has 8 nitrogen and oxygen atoms in total. The van der Waals surface area contributed by atoms with Crippen molar-refractivity contribution in [3.8, 4) is 5.75 Å². The van der Waals surface area contributed by atoms with Crippen molar-refractivity contribution in [3.63, 3.8) is 0 Å². The van der Waals surface area contributed by atoms with Crippen LogP contribution in [-0.2, 0) is 14.3 Å².